The lowest BCUT2D eigenvalue weighted by atomic mass is 9.99. The third kappa shape index (κ3) is 5.42. The molecule has 0 fully saturated rings. The molecule has 0 amide bonds. The lowest BCUT2D eigenvalue weighted by Crippen LogP contribution is -1.98. The van der Waals surface area contributed by atoms with Gasteiger partial charge in [0.25, 0.3) is 0 Å². The molecule has 0 bridgehead atoms. The van der Waals surface area contributed by atoms with E-state index in [1.54, 1.807) is 6.33 Å². The Kier molecular flexibility index (Phi) is 8.36. The standard InChI is InChI=1S/C25H23N5.2C2H6/c1-16-4-8-22-21(10-16)25(27-14-26-22)29-20-7-6-19(17(2)11-20)12-18-5-9-24-23(13-18)28-15-30(24)3;2*1-2/h4-11,13-15H,12H2,1-3H3,(H,26,27,29);2*1-2H3. The molecule has 0 radical (unpaired) electrons. The molecule has 0 atom stereocenters. The molecule has 5 nitrogen and oxygen atoms in total. The van der Waals surface area contributed by atoms with Gasteiger partial charge in [-0.3, -0.25) is 0 Å². The first kappa shape index (κ1) is 24.9. The molecule has 5 aromatic rings. The van der Waals surface area contributed by atoms with Crippen LogP contribution in [0.5, 0.6) is 0 Å². The Bertz CT molecular complexity index is 1380. The second kappa shape index (κ2) is 11.4. The summed E-state index contributed by atoms with van der Waals surface area (Å²) in [6, 6.07) is 19.2. The van der Waals surface area contributed by atoms with Crippen molar-refractivity contribution in [2.45, 2.75) is 48.0 Å². The van der Waals surface area contributed by atoms with Crippen molar-refractivity contribution in [2.75, 3.05) is 5.32 Å². The van der Waals surface area contributed by atoms with E-state index < -0.39 is 0 Å². The summed E-state index contributed by atoms with van der Waals surface area (Å²) in [7, 11) is 2.02. The van der Waals surface area contributed by atoms with Crippen LogP contribution in [0.15, 0.2) is 67.3 Å². The number of anilines is 2. The number of aryl methyl sites for hydroxylation is 3. The number of hydrogen-bond donors (Lipinski definition) is 1. The van der Waals surface area contributed by atoms with Crippen molar-refractivity contribution in [3.8, 4) is 0 Å². The van der Waals surface area contributed by atoms with Crippen molar-refractivity contribution in [3.63, 3.8) is 0 Å². The molecular formula is C29H35N5. The molecule has 2 aromatic heterocycles. The van der Waals surface area contributed by atoms with Gasteiger partial charge in [0.1, 0.15) is 12.1 Å². The predicted molar refractivity (Wildman–Crippen MR) is 145 cm³/mol. The van der Waals surface area contributed by atoms with Crippen molar-refractivity contribution < 1.29 is 0 Å². The second-order valence-corrected chi connectivity index (χ2v) is 7.86. The Morgan fingerprint density at radius 2 is 1.59 bits per heavy atom. The van der Waals surface area contributed by atoms with Gasteiger partial charge in [0.2, 0.25) is 0 Å². The fourth-order valence-corrected chi connectivity index (χ4v) is 3.89. The number of benzene rings is 3. The summed E-state index contributed by atoms with van der Waals surface area (Å²) in [4.78, 5) is 13.3. The number of rotatable bonds is 4. The number of fused-ring (bicyclic) bond motifs is 2. The summed E-state index contributed by atoms with van der Waals surface area (Å²) < 4.78 is 2.04. The molecule has 0 aliphatic heterocycles. The molecule has 0 unspecified atom stereocenters. The zero-order valence-electron chi connectivity index (χ0n) is 21.3. The molecule has 176 valence electrons. The van der Waals surface area contributed by atoms with Crippen LogP contribution in [-0.2, 0) is 13.5 Å². The fourth-order valence-electron chi connectivity index (χ4n) is 3.89. The minimum atomic E-state index is 0.830. The average Bonchev–Trinajstić information content (AvgIpc) is 3.23. The van der Waals surface area contributed by atoms with Crippen molar-refractivity contribution in [1.29, 1.82) is 0 Å². The predicted octanol–water partition coefficient (Wildman–Crippen LogP) is 7.52. The number of hydrogen-bond acceptors (Lipinski definition) is 4. The van der Waals surface area contributed by atoms with Crippen LogP contribution in [0, 0.1) is 13.8 Å². The lowest BCUT2D eigenvalue weighted by molar-refractivity contribution is 0.947. The van der Waals surface area contributed by atoms with Crippen LogP contribution in [0.3, 0.4) is 0 Å². The molecule has 34 heavy (non-hydrogen) atoms. The number of nitrogens with one attached hydrogen (secondary N) is 1. The van der Waals surface area contributed by atoms with Gasteiger partial charge in [-0.15, -0.1) is 0 Å². The molecule has 2 heterocycles. The third-order valence-corrected chi connectivity index (χ3v) is 5.58. The molecule has 0 saturated carbocycles. The Balaban J connectivity index is 0.000000771. The van der Waals surface area contributed by atoms with Gasteiger partial charge in [0.15, 0.2) is 0 Å². The van der Waals surface area contributed by atoms with E-state index in [0.717, 1.165) is 39.9 Å². The summed E-state index contributed by atoms with van der Waals surface area (Å²) >= 11 is 0. The normalized spacial score (nSPS) is 10.3. The van der Waals surface area contributed by atoms with E-state index in [4.69, 9.17) is 0 Å². The number of aromatic nitrogens is 4. The molecule has 0 aliphatic rings. The van der Waals surface area contributed by atoms with Crippen molar-refractivity contribution in [1.82, 2.24) is 19.5 Å². The zero-order valence-corrected chi connectivity index (χ0v) is 21.3. The Morgan fingerprint density at radius 1 is 0.794 bits per heavy atom. The maximum absolute atomic E-state index is 4.48. The van der Waals surface area contributed by atoms with E-state index in [-0.39, 0.29) is 0 Å². The van der Waals surface area contributed by atoms with Gasteiger partial charge >= 0.3 is 0 Å². The Labute approximate surface area is 202 Å². The average molecular weight is 454 g/mol. The molecule has 0 aliphatic carbocycles. The van der Waals surface area contributed by atoms with Crippen LogP contribution in [0.25, 0.3) is 21.9 Å². The molecular weight excluding hydrogens is 418 g/mol. The van der Waals surface area contributed by atoms with E-state index in [9.17, 15) is 0 Å². The topological polar surface area (TPSA) is 55.6 Å². The van der Waals surface area contributed by atoms with E-state index in [1.807, 2.05) is 51.7 Å². The Hall–Kier alpha value is -3.73. The molecule has 0 saturated heterocycles. The minimum Gasteiger partial charge on any atom is -0.340 e. The Morgan fingerprint density at radius 3 is 2.35 bits per heavy atom. The summed E-state index contributed by atoms with van der Waals surface area (Å²) in [5.74, 6) is 0.830. The number of imidazole rings is 1. The second-order valence-electron chi connectivity index (χ2n) is 7.86. The van der Waals surface area contributed by atoms with E-state index in [0.29, 0.717) is 0 Å². The van der Waals surface area contributed by atoms with Gasteiger partial charge in [-0.05, 0) is 73.4 Å². The largest absolute Gasteiger partial charge is 0.340 e. The molecule has 0 spiro atoms. The highest BCUT2D eigenvalue weighted by atomic mass is 15.0. The summed E-state index contributed by atoms with van der Waals surface area (Å²) in [5, 5.41) is 4.50. The monoisotopic (exact) mass is 453 g/mol. The zero-order chi connectivity index (χ0) is 24.7. The van der Waals surface area contributed by atoms with Crippen LogP contribution in [0.4, 0.5) is 11.5 Å². The van der Waals surface area contributed by atoms with E-state index in [2.05, 4.69) is 82.6 Å². The van der Waals surface area contributed by atoms with Crippen molar-refractivity contribution >= 4 is 33.4 Å². The first-order valence-corrected chi connectivity index (χ1v) is 12.0. The van der Waals surface area contributed by atoms with Crippen molar-refractivity contribution in [3.05, 3.63) is 89.5 Å². The van der Waals surface area contributed by atoms with Gasteiger partial charge in [0, 0.05) is 18.1 Å². The van der Waals surface area contributed by atoms with Gasteiger partial charge < -0.3 is 9.88 Å². The lowest BCUT2D eigenvalue weighted by Gasteiger charge is -2.12. The maximum Gasteiger partial charge on any atom is 0.141 e. The van der Waals surface area contributed by atoms with Gasteiger partial charge in [0.05, 0.1) is 22.9 Å². The van der Waals surface area contributed by atoms with Crippen LogP contribution in [0.2, 0.25) is 0 Å². The highest BCUT2D eigenvalue weighted by Crippen LogP contribution is 2.26. The summed E-state index contributed by atoms with van der Waals surface area (Å²) in [5.41, 5.74) is 9.17. The minimum absolute atomic E-state index is 0.830. The highest BCUT2D eigenvalue weighted by molar-refractivity contribution is 5.91. The van der Waals surface area contributed by atoms with Crippen LogP contribution < -0.4 is 5.32 Å². The SMILES string of the molecule is CC.CC.Cc1ccc2ncnc(Nc3ccc(Cc4ccc5c(c4)ncn5C)c(C)c3)c2c1. The van der Waals surface area contributed by atoms with Crippen LogP contribution >= 0.6 is 0 Å². The third-order valence-electron chi connectivity index (χ3n) is 5.58. The van der Waals surface area contributed by atoms with Gasteiger partial charge in [-0.25, -0.2) is 15.0 Å². The fraction of sp³-hybridized carbons (Fsp3) is 0.276. The van der Waals surface area contributed by atoms with E-state index >= 15 is 0 Å². The molecule has 1 N–H and O–H groups in total. The summed E-state index contributed by atoms with van der Waals surface area (Å²) in [6.45, 7) is 12.2. The van der Waals surface area contributed by atoms with Crippen LogP contribution in [0.1, 0.15) is 49.9 Å². The first-order chi connectivity index (χ1) is 16.6. The molecule has 5 rings (SSSR count). The highest BCUT2D eigenvalue weighted by Gasteiger charge is 2.08. The summed E-state index contributed by atoms with van der Waals surface area (Å²) in [6.07, 6.45) is 4.35. The quantitative estimate of drug-likeness (QED) is 0.306. The molecule has 3 aromatic carbocycles. The van der Waals surface area contributed by atoms with Gasteiger partial charge in [-0.1, -0.05) is 51.5 Å². The number of nitrogens with zero attached hydrogens (tertiary/aromatic N) is 4. The molecule has 5 heteroatoms. The van der Waals surface area contributed by atoms with Crippen molar-refractivity contribution in [2.24, 2.45) is 7.05 Å². The smallest absolute Gasteiger partial charge is 0.141 e. The van der Waals surface area contributed by atoms with Crippen LogP contribution in [-0.4, -0.2) is 19.5 Å². The van der Waals surface area contributed by atoms with E-state index in [1.165, 1.54) is 22.3 Å². The van der Waals surface area contributed by atoms with Gasteiger partial charge in [-0.2, -0.15) is 0 Å². The first-order valence-electron chi connectivity index (χ1n) is 12.0. The maximum atomic E-state index is 4.48.